The summed E-state index contributed by atoms with van der Waals surface area (Å²) in [6.45, 7) is -0.388. The lowest BCUT2D eigenvalue weighted by molar-refractivity contribution is -0.391. The number of hydrogen-bond donors (Lipinski definition) is 2. The van der Waals surface area contributed by atoms with Crippen molar-refractivity contribution >= 4 is 5.82 Å². The topological polar surface area (TPSA) is 128 Å². The number of ether oxygens (including phenoxy) is 1. The SMILES string of the molecule is COc1ccc(-n2nc([N+](=O)[O-])c(=NCCO)n2O)cc1. The monoisotopic (exact) mass is 295 g/mol. The van der Waals surface area contributed by atoms with E-state index in [1.165, 1.54) is 7.11 Å². The van der Waals surface area contributed by atoms with Gasteiger partial charge in [0.15, 0.2) is 0 Å². The quantitative estimate of drug-likeness (QED) is 0.443. The molecule has 10 nitrogen and oxygen atoms in total. The van der Waals surface area contributed by atoms with E-state index in [9.17, 15) is 15.3 Å². The molecule has 112 valence electrons. The van der Waals surface area contributed by atoms with Gasteiger partial charge >= 0.3 is 5.82 Å². The number of benzene rings is 1. The maximum Gasteiger partial charge on any atom is 0.438 e. The molecular weight excluding hydrogens is 282 g/mol. The highest BCUT2D eigenvalue weighted by Crippen LogP contribution is 2.14. The van der Waals surface area contributed by atoms with Gasteiger partial charge < -0.3 is 25.2 Å². The van der Waals surface area contributed by atoms with Crippen LogP contribution in [0.3, 0.4) is 0 Å². The molecule has 0 fully saturated rings. The Morgan fingerprint density at radius 1 is 1.43 bits per heavy atom. The minimum absolute atomic E-state index is 0.0876. The molecular formula is C11H13N5O5. The Kier molecular flexibility index (Phi) is 4.18. The molecule has 0 aliphatic rings. The third kappa shape index (κ3) is 2.84. The van der Waals surface area contributed by atoms with Crippen molar-refractivity contribution < 1.29 is 20.0 Å². The van der Waals surface area contributed by atoms with Crippen LogP contribution in [0.15, 0.2) is 29.3 Å². The zero-order valence-electron chi connectivity index (χ0n) is 11.1. The highest BCUT2D eigenvalue weighted by Gasteiger charge is 2.23. The summed E-state index contributed by atoms with van der Waals surface area (Å²) < 4.78 is 5.00. The molecule has 0 aliphatic heterocycles. The Morgan fingerprint density at radius 3 is 2.62 bits per heavy atom. The number of methoxy groups -OCH3 is 1. The summed E-state index contributed by atoms with van der Waals surface area (Å²) in [5.41, 5.74) is 0.0386. The van der Waals surface area contributed by atoms with E-state index in [1.54, 1.807) is 24.3 Å². The Morgan fingerprint density at radius 2 is 2.10 bits per heavy atom. The molecule has 0 bridgehead atoms. The van der Waals surface area contributed by atoms with Crippen molar-refractivity contribution in [2.24, 2.45) is 4.99 Å². The number of aliphatic hydroxyl groups excluding tert-OH is 1. The first-order valence-electron chi connectivity index (χ1n) is 5.90. The molecule has 2 rings (SSSR count). The van der Waals surface area contributed by atoms with Crippen molar-refractivity contribution in [1.29, 1.82) is 0 Å². The van der Waals surface area contributed by atoms with Crippen LogP contribution in [-0.2, 0) is 0 Å². The molecule has 2 aromatic rings. The van der Waals surface area contributed by atoms with Gasteiger partial charge in [-0.1, -0.05) is 4.85 Å². The van der Waals surface area contributed by atoms with Crippen LogP contribution >= 0.6 is 0 Å². The van der Waals surface area contributed by atoms with Gasteiger partial charge in [0.05, 0.1) is 25.4 Å². The van der Waals surface area contributed by atoms with Crippen molar-refractivity contribution in [2.45, 2.75) is 0 Å². The summed E-state index contributed by atoms with van der Waals surface area (Å²) in [6.07, 6.45) is 0. The molecule has 21 heavy (non-hydrogen) atoms. The smallest absolute Gasteiger partial charge is 0.438 e. The predicted octanol–water partition coefficient (Wildman–Crippen LogP) is -0.279. The molecule has 0 atom stereocenters. The van der Waals surface area contributed by atoms with Crippen molar-refractivity contribution in [3.05, 3.63) is 39.9 Å². The zero-order chi connectivity index (χ0) is 15.4. The van der Waals surface area contributed by atoms with E-state index >= 15 is 0 Å². The number of hydrogen-bond acceptors (Lipinski definition) is 7. The second-order valence-electron chi connectivity index (χ2n) is 3.89. The average molecular weight is 295 g/mol. The van der Waals surface area contributed by atoms with Crippen LogP contribution < -0.4 is 10.2 Å². The maximum atomic E-state index is 10.9. The molecule has 0 unspecified atom stereocenters. The molecule has 0 radical (unpaired) electrons. The fraction of sp³-hybridized carbons (Fsp3) is 0.273. The van der Waals surface area contributed by atoms with Crippen LogP contribution in [0.5, 0.6) is 5.75 Å². The fourth-order valence-corrected chi connectivity index (χ4v) is 1.65. The summed E-state index contributed by atoms with van der Waals surface area (Å²) in [7, 11) is 1.51. The van der Waals surface area contributed by atoms with Gasteiger partial charge in [-0.25, -0.2) is 0 Å². The van der Waals surface area contributed by atoms with Gasteiger partial charge in [-0.3, -0.25) is 4.99 Å². The summed E-state index contributed by atoms with van der Waals surface area (Å²) in [6, 6.07) is 6.37. The van der Waals surface area contributed by atoms with Crippen LogP contribution in [-0.4, -0.2) is 50.2 Å². The van der Waals surface area contributed by atoms with Gasteiger partial charge in [0.1, 0.15) is 11.4 Å². The Balaban J connectivity index is 2.56. The molecule has 1 aromatic heterocycles. The van der Waals surface area contributed by atoms with Crippen molar-refractivity contribution in [3.8, 4) is 11.4 Å². The van der Waals surface area contributed by atoms with Gasteiger partial charge in [0, 0.05) is 0 Å². The highest BCUT2D eigenvalue weighted by atomic mass is 16.6. The van der Waals surface area contributed by atoms with Crippen molar-refractivity contribution in [1.82, 2.24) is 14.7 Å². The first-order valence-corrected chi connectivity index (χ1v) is 5.90. The molecule has 2 N–H and O–H groups in total. The molecule has 0 spiro atoms. The Hall–Kier alpha value is -2.88. The third-order valence-electron chi connectivity index (χ3n) is 2.60. The second kappa shape index (κ2) is 6.05. The molecule has 10 heteroatoms. The minimum atomic E-state index is -0.761. The normalized spacial score (nSPS) is 11.6. The predicted molar refractivity (Wildman–Crippen MR) is 69.5 cm³/mol. The first-order chi connectivity index (χ1) is 10.1. The highest BCUT2D eigenvalue weighted by molar-refractivity contribution is 5.36. The van der Waals surface area contributed by atoms with Crippen LogP contribution in [0.2, 0.25) is 0 Å². The summed E-state index contributed by atoms with van der Waals surface area (Å²) in [4.78, 5) is 15.3. The Labute approximate surface area is 118 Å². The lowest BCUT2D eigenvalue weighted by Gasteiger charge is -2.01. The van der Waals surface area contributed by atoms with Gasteiger partial charge in [-0.05, 0) is 34.0 Å². The summed E-state index contributed by atoms with van der Waals surface area (Å²) >= 11 is 0. The number of nitrogens with zero attached hydrogens (tertiary/aromatic N) is 5. The van der Waals surface area contributed by atoms with E-state index in [-0.39, 0.29) is 18.6 Å². The number of rotatable bonds is 5. The van der Waals surface area contributed by atoms with E-state index in [4.69, 9.17) is 9.84 Å². The average Bonchev–Trinajstić information content (AvgIpc) is 2.82. The lowest BCUT2D eigenvalue weighted by atomic mass is 10.3. The van der Waals surface area contributed by atoms with Crippen LogP contribution in [0, 0.1) is 10.1 Å². The van der Waals surface area contributed by atoms with E-state index in [0.29, 0.717) is 16.3 Å². The van der Waals surface area contributed by atoms with Gasteiger partial charge in [-0.2, -0.15) is 0 Å². The molecule has 0 aliphatic carbocycles. The Bertz CT molecular complexity index is 703. The van der Waals surface area contributed by atoms with E-state index < -0.39 is 10.7 Å². The van der Waals surface area contributed by atoms with Gasteiger partial charge in [0.25, 0.3) is 5.49 Å². The van der Waals surface area contributed by atoms with Gasteiger partial charge in [-0.15, -0.1) is 0 Å². The minimum Gasteiger partial charge on any atom is -0.497 e. The van der Waals surface area contributed by atoms with Gasteiger partial charge in [0.2, 0.25) is 0 Å². The van der Waals surface area contributed by atoms with E-state index in [1.807, 2.05) is 0 Å². The van der Waals surface area contributed by atoms with Crippen molar-refractivity contribution in [2.75, 3.05) is 20.3 Å². The standard InChI is InChI=1S/C11H13N5O5/c1-21-9-4-2-8(3-5-9)14-13-11(16(19)20)10(15(14)18)12-6-7-17/h2-5,17-18H,6-7H2,1H3. The number of aromatic nitrogens is 3. The van der Waals surface area contributed by atoms with Crippen LogP contribution in [0.1, 0.15) is 0 Å². The van der Waals surface area contributed by atoms with E-state index in [0.717, 1.165) is 4.80 Å². The zero-order valence-corrected chi connectivity index (χ0v) is 11.1. The molecule has 0 amide bonds. The third-order valence-corrected chi connectivity index (χ3v) is 2.60. The van der Waals surface area contributed by atoms with Crippen LogP contribution in [0.4, 0.5) is 5.82 Å². The molecule has 0 saturated heterocycles. The lowest BCUT2D eigenvalue weighted by Crippen LogP contribution is -2.23. The summed E-state index contributed by atoms with van der Waals surface area (Å²) in [5.74, 6) is -0.0168. The van der Waals surface area contributed by atoms with Crippen LogP contribution in [0.25, 0.3) is 5.69 Å². The molecule has 1 heterocycles. The summed E-state index contributed by atoms with van der Waals surface area (Å²) in [5, 5.41) is 33.4. The first kappa shape index (κ1) is 14.5. The number of nitro groups is 1. The second-order valence-corrected chi connectivity index (χ2v) is 3.89. The van der Waals surface area contributed by atoms with Crippen molar-refractivity contribution in [3.63, 3.8) is 0 Å². The largest absolute Gasteiger partial charge is 0.497 e. The number of aliphatic hydroxyl groups is 1. The van der Waals surface area contributed by atoms with E-state index in [2.05, 4.69) is 10.1 Å². The maximum absolute atomic E-state index is 10.9. The molecule has 0 saturated carbocycles. The fourth-order valence-electron chi connectivity index (χ4n) is 1.65. The molecule has 1 aromatic carbocycles.